The molecule has 0 aromatic heterocycles. The van der Waals surface area contributed by atoms with Crippen LogP contribution in [-0.4, -0.2) is 102 Å². The smallest absolute Gasteiger partial charge is 0.408 e. The normalized spacial score (nSPS) is 13.1. The van der Waals surface area contributed by atoms with Crippen LogP contribution in [0.1, 0.15) is 80.7 Å². The van der Waals surface area contributed by atoms with Gasteiger partial charge in [0.2, 0.25) is 17.7 Å². The van der Waals surface area contributed by atoms with Crippen molar-refractivity contribution in [2.75, 3.05) is 20.2 Å². The highest BCUT2D eigenvalue weighted by Crippen LogP contribution is 2.23. The molecule has 0 fully saturated rings. The number of methoxy groups -OCH3 is 1. The Morgan fingerprint density at radius 1 is 0.746 bits per heavy atom. The number of esters is 1. The number of alkyl carbamates (subject to hydrolysis) is 2. The van der Waals surface area contributed by atoms with Crippen molar-refractivity contribution in [1.29, 1.82) is 0 Å². The largest absolute Gasteiger partial charge is 0.508 e. The number of hydrogen-bond acceptors (Lipinski definition) is 13. The Hall–Kier alpha value is -7.45. The van der Waals surface area contributed by atoms with E-state index in [-0.39, 0.29) is 57.6 Å². The molecule has 3 rings (SSSR count). The molecule has 364 valence electrons. The van der Waals surface area contributed by atoms with Crippen LogP contribution in [0.15, 0.2) is 77.8 Å². The van der Waals surface area contributed by atoms with Crippen molar-refractivity contribution >= 4 is 41.8 Å². The van der Waals surface area contributed by atoms with Crippen LogP contribution in [0.5, 0.6) is 5.75 Å². The lowest BCUT2D eigenvalue weighted by Crippen LogP contribution is -2.58. The molecule has 0 saturated carbocycles. The number of nitrogens with zero attached hydrogens (tertiary/aromatic N) is 2. The first kappa shape index (κ1) is 53.9. The molecule has 4 atom stereocenters. The van der Waals surface area contributed by atoms with Crippen molar-refractivity contribution in [2.24, 2.45) is 10.7 Å². The number of unbranched alkanes of at least 4 members (excludes halogenated alkanes) is 1. The third kappa shape index (κ3) is 20.5. The molecular weight excluding hydrogens is 871 g/mol. The van der Waals surface area contributed by atoms with Crippen LogP contribution in [0, 0.1) is 24.0 Å². The summed E-state index contributed by atoms with van der Waals surface area (Å²) < 4.78 is 15.7. The van der Waals surface area contributed by atoms with Crippen LogP contribution >= 0.6 is 0 Å². The van der Waals surface area contributed by atoms with Gasteiger partial charge in [0.05, 0.1) is 7.11 Å². The number of hydrazine groups is 1. The van der Waals surface area contributed by atoms with Gasteiger partial charge in [-0.3, -0.25) is 14.4 Å². The summed E-state index contributed by atoms with van der Waals surface area (Å²) in [4.78, 5) is 95.7. The molecule has 0 radical (unpaired) electrons. The summed E-state index contributed by atoms with van der Waals surface area (Å²) in [7, 11) is 1.17. The fourth-order valence-corrected chi connectivity index (χ4v) is 6.75. The maximum Gasteiger partial charge on any atom is 0.408 e. The second kappa shape index (κ2) is 27.1. The third-order valence-electron chi connectivity index (χ3n) is 9.99. The molecule has 0 bridgehead atoms. The second-order valence-corrected chi connectivity index (χ2v) is 16.6. The Morgan fingerprint density at radius 3 is 1.87 bits per heavy atom. The summed E-state index contributed by atoms with van der Waals surface area (Å²) in [5.74, 6) is -3.60. The van der Waals surface area contributed by atoms with E-state index in [9.17, 15) is 44.0 Å². The molecule has 0 unspecified atom stereocenters. The number of nitro groups is 1. The quantitative estimate of drug-likeness (QED) is 0.0122. The van der Waals surface area contributed by atoms with Crippen molar-refractivity contribution in [3.05, 3.63) is 111 Å². The van der Waals surface area contributed by atoms with Gasteiger partial charge in [0.25, 0.3) is 5.96 Å². The third-order valence-corrected chi connectivity index (χ3v) is 9.99. The first-order chi connectivity index (χ1) is 31.7. The maximum absolute atomic E-state index is 14.4. The van der Waals surface area contributed by atoms with Crippen LogP contribution in [0.3, 0.4) is 0 Å². The number of phenolic OH excluding ortho intramolecular Hbond substituents is 1. The molecule has 9 N–H and O–H groups in total. The second-order valence-electron chi connectivity index (χ2n) is 16.6. The van der Waals surface area contributed by atoms with E-state index in [4.69, 9.17) is 19.9 Å². The van der Waals surface area contributed by atoms with Gasteiger partial charge < -0.3 is 51.6 Å². The van der Waals surface area contributed by atoms with Gasteiger partial charge in [-0.15, -0.1) is 0 Å². The Bertz CT molecular complexity index is 2140. The first-order valence-electron chi connectivity index (χ1n) is 21.7. The number of aliphatic imine (C=N–C) groups is 1. The van der Waals surface area contributed by atoms with Crippen molar-refractivity contribution in [3.63, 3.8) is 0 Å². The number of amides is 5. The van der Waals surface area contributed by atoms with Gasteiger partial charge in [-0.25, -0.2) is 29.5 Å². The molecule has 5 amide bonds. The predicted octanol–water partition coefficient (Wildman–Crippen LogP) is 3.29. The van der Waals surface area contributed by atoms with Crippen molar-refractivity contribution in [1.82, 2.24) is 32.0 Å². The molecule has 0 heterocycles. The van der Waals surface area contributed by atoms with Gasteiger partial charge in [0.1, 0.15) is 42.1 Å². The molecule has 21 heteroatoms. The van der Waals surface area contributed by atoms with Crippen LogP contribution in [0.25, 0.3) is 0 Å². The van der Waals surface area contributed by atoms with E-state index in [1.807, 2.05) is 30.3 Å². The van der Waals surface area contributed by atoms with Crippen molar-refractivity contribution in [2.45, 2.75) is 116 Å². The Balaban J connectivity index is 1.85. The van der Waals surface area contributed by atoms with Gasteiger partial charge in [-0.1, -0.05) is 66.1 Å². The van der Waals surface area contributed by atoms with Crippen LogP contribution < -0.4 is 37.7 Å². The van der Waals surface area contributed by atoms with Crippen LogP contribution in [-0.2, 0) is 52.8 Å². The Labute approximate surface area is 389 Å². The fraction of sp³-hybridized carbons (Fsp3) is 0.457. The average Bonchev–Trinajstić information content (AvgIpc) is 3.26. The van der Waals surface area contributed by atoms with E-state index >= 15 is 0 Å². The van der Waals surface area contributed by atoms with Gasteiger partial charge in [0, 0.05) is 25.9 Å². The summed E-state index contributed by atoms with van der Waals surface area (Å²) in [5.41, 5.74) is 9.74. The predicted molar refractivity (Wildman–Crippen MR) is 247 cm³/mol. The Morgan fingerprint density at radius 2 is 1.28 bits per heavy atom. The summed E-state index contributed by atoms with van der Waals surface area (Å²) in [6.07, 6.45) is -0.813. The number of carbonyl (C=O) groups is 6. The molecule has 21 nitrogen and oxygen atoms in total. The number of nitrogens with two attached hydrogens (primary N) is 1. The Kier molecular flexibility index (Phi) is 21.8. The number of aromatic hydroxyl groups is 1. The number of benzene rings is 3. The zero-order chi connectivity index (χ0) is 49.5. The molecular formula is C46H63N9O12. The maximum atomic E-state index is 14.4. The molecule has 67 heavy (non-hydrogen) atoms. The zero-order valence-corrected chi connectivity index (χ0v) is 38.7. The first-order valence-corrected chi connectivity index (χ1v) is 21.7. The monoisotopic (exact) mass is 933 g/mol. The van der Waals surface area contributed by atoms with E-state index in [1.54, 1.807) is 70.4 Å². The van der Waals surface area contributed by atoms with Crippen LogP contribution in [0.4, 0.5) is 9.59 Å². The number of hydrogen-bond donors (Lipinski definition) is 8. The highest BCUT2D eigenvalue weighted by molar-refractivity contribution is 5.95. The highest BCUT2D eigenvalue weighted by atomic mass is 16.7. The van der Waals surface area contributed by atoms with Gasteiger partial charge in [-0.05, 0) is 107 Å². The van der Waals surface area contributed by atoms with E-state index in [2.05, 4.69) is 31.6 Å². The number of guanidine groups is 1. The number of rotatable bonds is 24. The number of carbonyl (C=O) groups excluding carboxylic acids is 6. The fourth-order valence-electron chi connectivity index (χ4n) is 6.75. The van der Waals surface area contributed by atoms with Crippen LogP contribution in [0.2, 0.25) is 0 Å². The minimum absolute atomic E-state index is 0.00606. The standard InChI is InChI=1S/C46H63N9O12/c1-29-24-33(56)25-30(2)34(29)27-38(53-45(62)67-46(3,4)5)41(59)50-35(21-15-23-48-43(47)54-55(63)64)39(57)52-37(26-31-16-9-7-10-17-31)40(58)51-36(42(60)65-6)20-13-14-22-49-44(61)66-28-32-18-11-8-12-19-32/h7-12,16-19,24-25,35-38,56H,13-15,20-23,26-28H2,1-6H3,(H,49,61)(H,50,59)(H,51,58)(H,52,57)(H,53,62)(H3,47,48,54)/t35-,36+,37+,38+/m1/s1. The lowest BCUT2D eigenvalue weighted by Gasteiger charge is -2.27. The van der Waals surface area contributed by atoms with Crippen molar-refractivity contribution < 1.29 is 53.1 Å². The number of aryl methyl sites for hydroxylation is 2. The van der Waals surface area contributed by atoms with E-state index < -0.39 is 76.6 Å². The lowest BCUT2D eigenvalue weighted by atomic mass is 9.95. The minimum Gasteiger partial charge on any atom is -0.508 e. The summed E-state index contributed by atoms with van der Waals surface area (Å²) in [6, 6.07) is 15.8. The van der Waals surface area contributed by atoms with Gasteiger partial charge in [0.15, 0.2) is 5.03 Å². The van der Waals surface area contributed by atoms with Gasteiger partial charge in [-0.2, -0.15) is 0 Å². The molecule has 0 spiro atoms. The zero-order valence-electron chi connectivity index (χ0n) is 38.7. The number of ether oxygens (including phenoxy) is 3. The summed E-state index contributed by atoms with van der Waals surface area (Å²) >= 11 is 0. The molecule has 3 aromatic carbocycles. The van der Waals surface area contributed by atoms with E-state index in [1.165, 1.54) is 19.2 Å². The van der Waals surface area contributed by atoms with Crippen molar-refractivity contribution in [3.8, 4) is 5.75 Å². The molecule has 0 saturated heterocycles. The minimum atomic E-state index is -1.38. The molecule has 0 aliphatic heterocycles. The number of nitrogens with one attached hydrogen (secondary N) is 6. The van der Waals surface area contributed by atoms with E-state index in [0.717, 1.165) is 5.56 Å². The topological polar surface area (TPSA) is 304 Å². The molecule has 0 aliphatic carbocycles. The lowest BCUT2D eigenvalue weighted by molar-refractivity contribution is -0.525. The van der Waals surface area contributed by atoms with E-state index in [0.29, 0.717) is 35.1 Å². The SMILES string of the molecule is COC(=O)[C@H](CCCCNC(=O)OCc1ccccc1)NC(=O)[C@H](Cc1ccccc1)NC(=O)[C@@H](CCCN=C(N)N[N+](=O)[O-])NC(=O)[C@H](Cc1c(C)cc(O)cc1C)NC(=O)OC(C)(C)C. The summed E-state index contributed by atoms with van der Waals surface area (Å²) in [5, 5.41) is 33.5. The highest BCUT2D eigenvalue weighted by Gasteiger charge is 2.33. The molecule has 0 aliphatic rings. The molecule has 3 aromatic rings. The average molecular weight is 934 g/mol. The number of phenols is 1. The van der Waals surface area contributed by atoms with Gasteiger partial charge >= 0.3 is 18.2 Å². The summed E-state index contributed by atoms with van der Waals surface area (Å²) in [6.45, 7) is 8.61.